The lowest BCUT2D eigenvalue weighted by Gasteiger charge is -2.30. The van der Waals surface area contributed by atoms with Gasteiger partial charge in [0.15, 0.2) is 0 Å². The highest BCUT2D eigenvalue weighted by molar-refractivity contribution is 7.92. The predicted molar refractivity (Wildman–Crippen MR) is 138 cm³/mol. The lowest BCUT2D eigenvalue weighted by Crippen LogP contribution is -2.39. The lowest BCUT2D eigenvalue weighted by atomic mass is 9.87. The van der Waals surface area contributed by atoms with Crippen LogP contribution in [0.25, 0.3) is 0 Å². The number of carbonyl (C=O) groups is 1. The second-order valence-corrected chi connectivity index (χ2v) is 11.1. The number of halogens is 1. The molecule has 3 unspecified atom stereocenters. The number of aliphatic hydroxyl groups excluding tert-OH is 1. The molecule has 11 heteroatoms. The van der Waals surface area contributed by atoms with E-state index >= 15 is 0 Å². The number of amides is 1. The monoisotopic (exact) mass is 538 g/mol. The van der Waals surface area contributed by atoms with Crippen LogP contribution in [0.5, 0.6) is 11.5 Å². The summed E-state index contributed by atoms with van der Waals surface area (Å²) in [6.45, 7) is 7.08. The third-order valence-electron chi connectivity index (χ3n) is 5.85. The highest BCUT2D eigenvalue weighted by atomic mass is 32.2. The summed E-state index contributed by atoms with van der Waals surface area (Å²) >= 11 is 0. The van der Waals surface area contributed by atoms with E-state index in [0.717, 1.165) is 12.8 Å². The Labute approximate surface area is 217 Å². The Morgan fingerprint density at radius 3 is 2.65 bits per heavy atom. The van der Waals surface area contributed by atoms with Crippen LogP contribution in [-0.4, -0.2) is 51.2 Å². The first-order valence-electron chi connectivity index (χ1n) is 12.2. The maximum atomic E-state index is 13.8. The van der Waals surface area contributed by atoms with Crippen molar-refractivity contribution >= 4 is 27.3 Å². The molecule has 0 radical (unpaired) electrons. The molecule has 2 aromatic carbocycles. The maximum absolute atomic E-state index is 13.8. The molecule has 3 atom stereocenters. The summed E-state index contributed by atoms with van der Waals surface area (Å²) in [7, 11) is -4.11. The number of rotatable bonds is 11. The number of anilines is 2. The second-order valence-electron chi connectivity index (χ2n) is 9.44. The molecule has 1 heterocycles. The Balaban J connectivity index is 1.76. The molecular weight excluding hydrogens is 503 g/mol. The minimum Gasteiger partial charge on any atom is -0.492 e. The molecule has 1 fully saturated rings. The molecule has 9 nitrogen and oxygen atoms in total. The minimum atomic E-state index is -4.11. The predicted octanol–water partition coefficient (Wildman–Crippen LogP) is 4.33. The first kappa shape index (κ1) is 28.7. The third-order valence-corrected chi connectivity index (χ3v) is 7.27. The topological polar surface area (TPSA) is 123 Å². The summed E-state index contributed by atoms with van der Waals surface area (Å²) in [5.74, 6) is -2.95. The molecule has 0 aliphatic carbocycles. The number of hydrogen-bond acceptors (Lipinski definition) is 7. The molecule has 1 amide bonds. The van der Waals surface area contributed by atoms with Crippen molar-refractivity contribution in [3.63, 3.8) is 0 Å². The van der Waals surface area contributed by atoms with Crippen molar-refractivity contribution in [1.29, 1.82) is 0 Å². The Kier molecular flexibility index (Phi) is 9.38. The van der Waals surface area contributed by atoms with Crippen molar-refractivity contribution in [2.24, 2.45) is 11.8 Å². The van der Waals surface area contributed by atoms with Gasteiger partial charge < -0.3 is 24.6 Å². The van der Waals surface area contributed by atoms with Crippen molar-refractivity contribution in [2.45, 2.75) is 57.4 Å². The molecule has 1 saturated heterocycles. The van der Waals surface area contributed by atoms with Crippen LogP contribution in [0, 0.1) is 11.8 Å². The summed E-state index contributed by atoms with van der Waals surface area (Å²) in [5.41, 5.74) is 0.503. The van der Waals surface area contributed by atoms with Gasteiger partial charge in [0, 0.05) is 44.2 Å². The Hall–Kier alpha value is -2.89. The van der Waals surface area contributed by atoms with Crippen molar-refractivity contribution < 1.29 is 36.9 Å². The number of alkyl halides is 1. The Morgan fingerprint density at radius 1 is 1.24 bits per heavy atom. The van der Waals surface area contributed by atoms with E-state index in [9.17, 15) is 22.7 Å². The molecule has 0 aromatic heterocycles. The molecular formula is C26H35FN2O7S. The largest absolute Gasteiger partial charge is 0.492 e. The van der Waals surface area contributed by atoms with Crippen LogP contribution in [-0.2, 0) is 19.6 Å². The van der Waals surface area contributed by atoms with Crippen molar-refractivity contribution in [3.8, 4) is 11.5 Å². The van der Waals surface area contributed by atoms with Gasteiger partial charge in [-0.25, -0.2) is 8.42 Å². The zero-order valence-electron chi connectivity index (χ0n) is 21.5. The summed E-state index contributed by atoms with van der Waals surface area (Å²) in [6.07, 6.45) is 0.759. The molecule has 1 aliphatic heterocycles. The standard InChI is InChI=1S/C26H35FN2O7S/c1-5-35-22-15-19(28-25(31)17(2)24(30)18-8-7-13-34-16-18)11-12-23(22)37(32,33)29-20-9-6-10-21(14-20)36-26(3,4)27/h6,9-12,14-15,17-18,24,29-30H,5,7-8,13,16H2,1-4H3,(H,28,31). The van der Waals surface area contributed by atoms with E-state index in [1.807, 2.05) is 0 Å². The highest BCUT2D eigenvalue weighted by Gasteiger charge is 2.31. The molecule has 3 rings (SSSR count). The van der Waals surface area contributed by atoms with E-state index in [-0.39, 0.29) is 34.6 Å². The van der Waals surface area contributed by atoms with E-state index in [1.165, 1.54) is 56.3 Å². The molecule has 3 N–H and O–H groups in total. The van der Waals surface area contributed by atoms with Gasteiger partial charge >= 0.3 is 0 Å². The highest BCUT2D eigenvalue weighted by Crippen LogP contribution is 2.31. The fraction of sp³-hybridized carbons (Fsp3) is 0.500. The van der Waals surface area contributed by atoms with E-state index < -0.39 is 33.8 Å². The third kappa shape index (κ3) is 8.05. The van der Waals surface area contributed by atoms with E-state index in [0.29, 0.717) is 18.9 Å². The number of ether oxygens (including phenoxy) is 3. The van der Waals surface area contributed by atoms with Crippen molar-refractivity contribution in [2.75, 3.05) is 29.9 Å². The average molecular weight is 539 g/mol. The molecule has 1 aliphatic rings. The van der Waals surface area contributed by atoms with Crippen LogP contribution in [0.4, 0.5) is 15.8 Å². The van der Waals surface area contributed by atoms with Gasteiger partial charge in [-0.1, -0.05) is 13.0 Å². The van der Waals surface area contributed by atoms with Crippen LogP contribution >= 0.6 is 0 Å². The number of hydrogen-bond donors (Lipinski definition) is 3. The molecule has 0 bridgehead atoms. The molecule has 2 aromatic rings. The minimum absolute atomic E-state index is 0.0407. The number of sulfonamides is 1. The fourth-order valence-electron chi connectivity index (χ4n) is 4.04. The van der Waals surface area contributed by atoms with E-state index in [4.69, 9.17) is 14.2 Å². The molecule has 0 spiro atoms. The summed E-state index contributed by atoms with van der Waals surface area (Å²) < 4.78 is 58.7. The number of aliphatic hydroxyl groups is 1. The quantitative estimate of drug-likeness (QED) is 0.389. The SMILES string of the molecule is CCOc1cc(NC(=O)C(C)C(O)C2CCCOC2)ccc1S(=O)(=O)Nc1cccc(OC(C)(C)F)c1. The van der Waals surface area contributed by atoms with Crippen molar-refractivity contribution in [3.05, 3.63) is 42.5 Å². The fourth-order valence-corrected chi connectivity index (χ4v) is 5.22. The second kappa shape index (κ2) is 12.1. The molecule has 37 heavy (non-hydrogen) atoms. The first-order chi connectivity index (χ1) is 17.4. The van der Waals surface area contributed by atoms with E-state index in [1.54, 1.807) is 13.8 Å². The van der Waals surface area contributed by atoms with Crippen LogP contribution in [0.2, 0.25) is 0 Å². The number of carbonyl (C=O) groups excluding carboxylic acids is 1. The maximum Gasteiger partial charge on any atom is 0.265 e. The van der Waals surface area contributed by atoms with Gasteiger partial charge in [-0.2, -0.15) is 4.39 Å². The normalized spacial score (nSPS) is 17.9. The summed E-state index contributed by atoms with van der Waals surface area (Å²) in [4.78, 5) is 12.7. The summed E-state index contributed by atoms with van der Waals surface area (Å²) in [5, 5.41) is 13.4. The molecule has 0 saturated carbocycles. The van der Waals surface area contributed by atoms with Gasteiger partial charge in [-0.05, 0) is 44.0 Å². The molecule has 204 valence electrons. The van der Waals surface area contributed by atoms with Crippen molar-refractivity contribution in [1.82, 2.24) is 0 Å². The number of benzene rings is 2. The van der Waals surface area contributed by atoms with Gasteiger partial charge in [0.1, 0.15) is 16.4 Å². The zero-order chi connectivity index (χ0) is 27.2. The Bertz CT molecular complexity index is 1180. The van der Waals surface area contributed by atoms with Crippen LogP contribution in [0.3, 0.4) is 0 Å². The van der Waals surface area contributed by atoms with Crippen LogP contribution in [0.1, 0.15) is 40.5 Å². The van der Waals surface area contributed by atoms with E-state index in [2.05, 4.69) is 10.0 Å². The van der Waals surface area contributed by atoms with Crippen LogP contribution < -0.4 is 19.5 Å². The zero-order valence-corrected chi connectivity index (χ0v) is 22.3. The van der Waals surface area contributed by atoms with Gasteiger partial charge in [0.05, 0.1) is 30.9 Å². The van der Waals surface area contributed by atoms with Gasteiger partial charge in [-0.3, -0.25) is 9.52 Å². The smallest absolute Gasteiger partial charge is 0.265 e. The summed E-state index contributed by atoms with van der Waals surface area (Å²) in [6, 6.07) is 10.1. The van der Waals surface area contributed by atoms with Gasteiger partial charge in [-0.15, -0.1) is 0 Å². The number of nitrogens with one attached hydrogen (secondary N) is 2. The van der Waals surface area contributed by atoms with Gasteiger partial charge in [0.25, 0.3) is 10.0 Å². The lowest BCUT2D eigenvalue weighted by molar-refractivity contribution is -0.125. The van der Waals surface area contributed by atoms with Crippen LogP contribution in [0.15, 0.2) is 47.4 Å². The van der Waals surface area contributed by atoms with Gasteiger partial charge in [0.2, 0.25) is 11.8 Å². The Morgan fingerprint density at radius 2 is 2.00 bits per heavy atom. The first-order valence-corrected chi connectivity index (χ1v) is 13.7. The average Bonchev–Trinajstić information content (AvgIpc) is 2.82.